The molecule has 0 saturated carbocycles. The molecule has 0 aliphatic carbocycles. The maximum absolute atomic E-state index is 12.1. The monoisotopic (exact) mass is 299 g/mol. The summed E-state index contributed by atoms with van der Waals surface area (Å²) in [5, 5.41) is 16.7. The molecule has 0 spiro atoms. The number of aromatic nitrogens is 4. The average molecular weight is 299 g/mol. The van der Waals surface area contributed by atoms with Crippen molar-refractivity contribution in [3.05, 3.63) is 30.1 Å². The van der Waals surface area contributed by atoms with Crippen LogP contribution in [-0.4, -0.2) is 39.4 Å². The lowest BCUT2D eigenvalue weighted by atomic mass is 10.4. The van der Waals surface area contributed by atoms with Crippen LogP contribution in [0.5, 0.6) is 0 Å². The van der Waals surface area contributed by atoms with Gasteiger partial charge in [0.05, 0.1) is 11.5 Å². The summed E-state index contributed by atoms with van der Waals surface area (Å²) in [5.41, 5.74) is 0.540. The molecule has 0 aliphatic rings. The average Bonchev–Trinajstić information content (AvgIpc) is 2.96. The van der Waals surface area contributed by atoms with Crippen LogP contribution in [0.25, 0.3) is 0 Å². The Morgan fingerprint density at radius 1 is 1.35 bits per heavy atom. The molecule has 8 nitrogen and oxygen atoms in total. The van der Waals surface area contributed by atoms with Crippen molar-refractivity contribution in [2.24, 2.45) is 14.1 Å². The molecule has 0 unspecified atom stereocenters. The Labute approximate surface area is 117 Å². The van der Waals surface area contributed by atoms with E-state index in [9.17, 15) is 8.42 Å². The van der Waals surface area contributed by atoms with E-state index >= 15 is 0 Å². The predicted octanol–water partition coefficient (Wildman–Crippen LogP) is -0.833. The molecule has 0 aliphatic heterocycles. The summed E-state index contributed by atoms with van der Waals surface area (Å²) in [6.07, 6.45) is 3.49. The molecule has 0 radical (unpaired) electrons. The van der Waals surface area contributed by atoms with Crippen molar-refractivity contribution in [3.8, 4) is 0 Å². The highest BCUT2D eigenvalue weighted by Gasteiger charge is 2.17. The van der Waals surface area contributed by atoms with Gasteiger partial charge in [-0.2, -0.15) is 0 Å². The van der Waals surface area contributed by atoms with Crippen molar-refractivity contribution < 1.29 is 13.5 Å². The number of aliphatic hydroxyl groups is 1. The van der Waals surface area contributed by atoms with E-state index in [1.54, 1.807) is 29.6 Å². The minimum atomic E-state index is -3.58. The molecule has 2 rings (SSSR count). The molecule has 2 N–H and O–H groups in total. The Kier molecular flexibility index (Phi) is 4.21. The molecule has 2 aromatic rings. The summed E-state index contributed by atoms with van der Waals surface area (Å²) in [7, 11) is -0.0927. The zero-order chi connectivity index (χ0) is 14.8. The summed E-state index contributed by atoms with van der Waals surface area (Å²) >= 11 is 0. The number of hydrogen-bond donors (Lipinski definition) is 2. The zero-order valence-electron chi connectivity index (χ0n) is 11.3. The Balaban J connectivity index is 2.02. The molecule has 0 amide bonds. The second-order valence-electron chi connectivity index (χ2n) is 4.44. The Hall–Kier alpha value is -1.71. The number of nitrogens with zero attached hydrogens (tertiary/aromatic N) is 4. The van der Waals surface area contributed by atoms with Gasteiger partial charge in [0.15, 0.2) is 0 Å². The normalized spacial score (nSPS) is 11.9. The lowest BCUT2D eigenvalue weighted by molar-refractivity contribution is 0.272. The van der Waals surface area contributed by atoms with E-state index in [4.69, 9.17) is 5.11 Å². The second-order valence-corrected chi connectivity index (χ2v) is 6.21. The third kappa shape index (κ3) is 3.06. The first-order valence-electron chi connectivity index (χ1n) is 6.02. The van der Waals surface area contributed by atoms with Crippen LogP contribution in [0.4, 0.5) is 0 Å². The summed E-state index contributed by atoms with van der Waals surface area (Å²) in [4.78, 5) is 0.141. The second kappa shape index (κ2) is 5.73. The molecule has 0 aromatic carbocycles. The van der Waals surface area contributed by atoms with Crippen molar-refractivity contribution in [1.82, 2.24) is 24.1 Å². The quantitative estimate of drug-likeness (QED) is 0.724. The molecule has 110 valence electrons. The van der Waals surface area contributed by atoms with Crippen molar-refractivity contribution in [3.63, 3.8) is 0 Å². The van der Waals surface area contributed by atoms with Crippen LogP contribution in [0.2, 0.25) is 0 Å². The third-order valence-corrected chi connectivity index (χ3v) is 4.43. The lowest BCUT2D eigenvalue weighted by Crippen LogP contribution is -2.26. The molecule has 0 fully saturated rings. The maximum atomic E-state index is 12.1. The number of aryl methyl sites for hydroxylation is 2. The lowest BCUT2D eigenvalue weighted by Gasteiger charge is -2.04. The first-order chi connectivity index (χ1) is 9.44. The summed E-state index contributed by atoms with van der Waals surface area (Å²) < 4.78 is 30.0. The topological polar surface area (TPSA) is 102 Å². The zero-order valence-corrected chi connectivity index (χ0v) is 12.1. The van der Waals surface area contributed by atoms with Crippen LogP contribution in [0, 0.1) is 0 Å². The number of rotatable bonds is 6. The van der Waals surface area contributed by atoms with E-state index < -0.39 is 10.0 Å². The van der Waals surface area contributed by atoms with Gasteiger partial charge in [0, 0.05) is 39.0 Å². The van der Waals surface area contributed by atoms with Gasteiger partial charge in [0.2, 0.25) is 10.0 Å². The van der Waals surface area contributed by atoms with Crippen LogP contribution < -0.4 is 4.72 Å². The van der Waals surface area contributed by atoms with E-state index in [2.05, 4.69) is 14.9 Å². The highest BCUT2D eigenvalue weighted by molar-refractivity contribution is 7.89. The van der Waals surface area contributed by atoms with Crippen molar-refractivity contribution in [1.29, 1.82) is 0 Å². The first kappa shape index (κ1) is 14.7. The molecular weight excluding hydrogens is 282 g/mol. The van der Waals surface area contributed by atoms with Crippen LogP contribution in [0.3, 0.4) is 0 Å². The highest BCUT2D eigenvalue weighted by atomic mass is 32.2. The van der Waals surface area contributed by atoms with E-state index in [1.807, 2.05) is 0 Å². The molecule has 0 saturated heterocycles. The van der Waals surface area contributed by atoms with Crippen molar-refractivity contribution in [2.75, 3.05) is 6.54 Å². The van der Waals surface area contributed by atoms with Crippen molar-refractivity contribution in [2.45, 2.75) is 17.9 Å². The Bertz CT molecular complexity index is 689. The van der Waals surface area contributed by atoms with Gasteiger partial charge in [-0.1, -0.05) is 0 Å². The molecule has 0 bridgehead atoms. The molecular formula is C11H17N5O3S. The van der Waals surface area contributed by atoms with Gasteiger partial charge >= 0.3 is 0 Å². The fraction of sp³-hybridized carbons (Fsp3) is 0.455. The minimum Gasteiger partial charge on any atom is -0.390 e. The smallest absolute Gasteiger partial charge is 0.242 e. The van der Waals surface area contributed by atoms with E-state index in [-0.39, 0.29) is 18.0 Å². The minimum absolute atomic E-state index is 0.141. The van der Waals surface area contributed by atoms with Gasteiger partial charge in [-0.05, 0) is 6.07 Å². The number of nitrogens with one attached hydrogen (secondary N) is 1. The third-order valence-electron chi connectivity index (χ3n) is 3.00. The fourth-order valence-electron chi connectivity index (χ4n) is 1.80. The molecule has 2 aromatic heterocycles. The number of sulfonamides is 1. The predicted molar refractivity (Wildman–Crippen MR) is 71.2 cm³/mol. The van der Waals surface area contributed by atoms with Gasteiger partial charge in [-0.25, -0.2) is 13.1 Å². The SMILES string of the molecule is Cn1cc(S(=O)(=O)NCCc2nncn2C)cc1CO. The van der Waals surface area contributed by atoms with Gasteiger partial charge in [-0.3, -0.25) is 0 Å². The largest absolute Gasteiger partial charge is 0.390 e. The molecule has 20 heavy (non-hydrogen) atoms. The molecule has 2 heterocycles. The summed E-state index contributed by atoms with van der Waals surface area (Å²) in [5.74, 6) is 0.705. The van der Waals surface area contributed by atoms with Gasteiger partial charge in [0.1, 0.15) is 12.2 Å². The van der Waals surface area contributed by atoms with E-state index in [1.165, 1.54) is 12.3 Å². The van der Waals surface area contributed by atoms with Crippen LogP contribution in [-0.2, 0) is 37.1 Å². The van der Waals surface area contributed by atoms with Crippen LogP contribution >= 0.6 is 0 Å². The van der Waals surface area contributed by atoms with Crippen molar-refractivity contribution >= 4 is 10.0 Å². The van der Waals surface area contributed by atoms with Gasteiger partial charge < -0.3 is 14.2 Å². The molecule has 0 atom stereocenters. The number of hydrogen-bond acceptors (Lipinski definition) is 5. The summed E-state index contributed by atoms with van der Waals surface area (Å²) in [6, 6.07) is 1.45. The first-order valence-corrected chi connectivity index (χ1v) is 7.51. The van der Waals surface area contributed by atoms with Crippen LogP contribution in [0.15, 0.2) is 23.5 Å². The summed E-state index contributed by atoms with van der Waals surface area (Å²) in [6.45, 7) is 0.0309. The van der Waals surface area contributed by atoms with Crippen LogP contribution in [0.1, 0.15) is 11.5 Å². The van der Waals surface area contributed by atoms with Gasteiger partial charge in [-0.15, -0.1) is 10.2 Å². The Morgan fingerprint density at radius 3 is 2.65 bits per heavy atom. The fourth-order valence-corrected chi connectivity index (χ4v) is 2.92. The number of aliphatic hydroxyl groups excluding tert-OH is 1. The highest BCUT2D eigenvalue weighted by Crippen LogP contribution is 2.13. The standard InChI is InChI=1S/C11H17N5O3S/c1-15-6-10(5-9(15)7-17)20(18,19)13-4-3-11-14-12-8-16(11)2/h5-6,8,13,17H,3-4,7H2,1-2H3. The van der Waals surface area contributed by atoms with E-state index in [0.717, 1.165) is 0 Å². The van der Waals surface area contributed by atoms with E-state index in [0.29, 0.717) is 17.9 Å². The Morgan fingerprint density at radius 2 is 2.10 bits per heavy atom. The maximum Gasteiger partial charge on any atom is 0.242 e. The van der Waals surface area contributed by atoms with Gasteiger partial charge in [0.25, 0.3) is 0 Å². The molecule has 9 heteroatoms.